The fourth-order valence-electron chi connectivity index (χ4n) is 2.56. The van der Waals surface area contributed by atoms with Gasteiger partial charge in [0.2, 0.25) is 17.4 Å². The summed E-state index contributed by atoms with van der Waals surface area (Å²) < 4.78 is 59.2. The van der Waals surface area contributed by atoms with Crippen molar-refractivity contribution in [3.05, 3.63) is 82.9 Å². The third-order valence-electron chi connectivity index (χ3n) is 4.22. The lowest BCUT2D eigenvalue weighted by Crippen LogP contribution is -2.40. The largest absolute Gasteiger partial charge is 0.467 e. The van der Waals surface area contributed by atoms with Gasteiger partial charge in [0.15, 0.2) is 17.1 Å². The Morgan fingerprint density at radius 3 is 2.28 bits per heavy atom. The fourth-order valence-corrected chi connectivity index (χ4v) is 3.50. The van der Waals surface area contributed by atoms with Crippen LogP contribution in [0.3, 0.4) is 0 Å². The zero-order valence-corrected chi connectivity index (χ0v) is 15.5. The Kier molecular flexibility index (Phi) is 5.02. The second kappa shape index (κ2) is 6.94. The lowest BCUT2D eigenvalue weighted by molar-refractivity contribution is -0.126. The van der Waals surface area contributed by atoms with Crippen LogP contribution in [-0.2, 0) is 33.9 Å². The van der Waals surface area contributed by atoms with E-state index in [1.165, 1.54) is 24.3 Å². The van der Waals surface area contributed by atoms with Gasteiger partial charge in [0, 0.05) is 0 Å². The topological polar surface area (TPSA) is 95.7 Å². The highest BCUT2D eigenvalue weighted by molar-refractivity contribution is 7.90. The second-order valence-corrected chi connectivity index (χ2v) is 7.94. The Hall–Kier alpha value is -2.75. The molecule has 0 aromatic heterocycles. The van der Waals surface area contributed by atoms with Crippen LogP contribution in [0.15, 0.2) is 60.2 Å². The van der Waals surface area contributed by atoms with Gasteiger partial charge in [-0.15, -0.1) is 0 Å². The summed E-state index contributed by atoms with van der Waals surface area (Å²) in [6.07, 6.45) is 0. The summed E-state index contributed by atoms with van der Waals surface area (Å²) in [6.45, 7) is 0. The molecule has 3 rings (SSSR count). The molecule has 1 aliphatic heterocycles. The zero-order valence-electron chi connectivity index (χ0n) is 14.6. The Labute approximate surface area is 169 Å². The summed E-state index contributed by atoms with van der Waals surface area (Å²) in [5.74, 6) is -5.55. The summed E-state index contributed by atoms with van der Waals surface area (Å²) in [5.41, 5.74) is 2.75. The van der Waals surface area contributed by atoms with E-state index in [0.717, 1.165) is 6.07 Å². The van der Waals surface area contributed by atoms with Gasteiger partial charge in [-0.3, -0.25) is 4.79 Å². The number of rotatable bonds is 5. The van der Waals surface area contributed by atoms with E-state index in [1.54, 1.807) is 6.07 Å². The van der Waals surface area contributed by atoms with E-state index < -0.39 is 49.2 Å². The molecule has 0 fully saturated rings. The van der Waals surface area contributed by atoms with E-state index in [9.17, 15) is 22.0 Å². The predicted molar refractivity (Wildman–Crippen MR) is 101 cm³/mol. The minimum atomic E-state index is -4.88. The zero-order chi connectivity index (χ0) is 21.6. The normalized spacial score (nSPS) is 19.9. The van der Waals surface area contributed by atoms with Crippen molar-refractivity contribution in [2.45, 2.75) is 10.0 Å². The minimum Gasteiger partial charge on any atom is -0.467 e. The highest BCUT2D eigenvalue weighted by atomic mass is 32.2. The molecule has 0 saturated heterocycles. The Bertz CT molecular complexity index is 1130. The Morgan fingerprint density at radius 1 is 1.07 bits per heavy atom. The van der Waals surface area contributed by atoms with Crippen LogP contribution in [0.1, 0.15) is 11.1 Å². The number of Topliss-reactive ketones (excluding diaryl/α,β-unsaturated/α-hetero) is 1. The first-order valence-corrected chi connectivity index (χ1v) is 9.36. The van der Waals surface area contributed by atoms with E-state index in [-0.39, 0.29) is 11.1 Å². The molecule has 0 amide bonds. The summed E-state index contributed by atoms with van der Waals surface area (Å²) in [7, 11) is 12.4. The first-order valence-electron chi connectivity index (χ1n) is 7.95. The molecule has 0 saturated carbocycles. The van der Waals surface area contributed by atoms with Crippen LogP contribution in [0, 0.1) is 11.6 Å². The Morgan fingerprint density at radius 2 is 1.69 bits per heavy atom. The van der Waals surface area contributed by atoms with Gasteiger partial charge in [-0.2, -0.15) is 8.42 Å². The van der Waals surface area contributed by atoms with E-state index in [2.05, 4.69) is 0 Å². The first kappa shape index (κ1) is 21.0. The quantitative estimate of drug-likeness (QED) is 0.570. The number of ketones is 1. The van der Waals surface area contributed by atoms with Crippen LogP contribution >= 0.6 is 0 Å². The van der Waals surface area contributed by atoms with E-state index in [4.69, 9.17) is 38.2 Å². The smallest absolute Gasteiger partial charge is 0.302 e. The molecule has 2 aromatic rings. The van der Waals surface area contributed by atoms with Crippen LogP contribution in [0.4, 0.5) is 8.78 Å². The molecule has 0 bridgehead atoms. The van der Waals surface area contributed by atoms with Gasteiger partial charge in [0.05, 0.1) is 20.2 Å². The number of hydrogen-bond acceptors (Lipinski definition) is 6. The van der Waals surface area contributed by atoms with Crippen molar-refractivity contribution in [1.29, 1.82) is 0 Å². The third kappa shape index (κ3) is 3.41. The molecule has 2 N–H and O–H groups in total. The molecule has 1 aliphatic rings. The molecule has 29 heavy (non-hydrogen) atoms. The lowest BCUT2D eigenvalue weighted by atomic mass is 9.65. The molecule has 6 radical (unpaired) electrons. The van der Waals surface area contributed by atoms with Gasteiger partial charge < -0.3 is 14.7 Å². The second-order valence-electron chi connectivity index (χ2n) is 6.19. The van der Waals surface area contributed by atoms with E-state index in [0.29, 0.717) is 12.1 Å². The molecule has 142 valence electrons. The van der Waals surface area contributed by atoms with Crippen LogP contribution < -0.4 is 5.73 Å². The maximum Gasteiger partial charge on any atom is 0.302 e. The monoisotopic (exact) mass is 411 g/mol. The van der Waals surface area contributed by atoms with E-state index in [1.807, 2.05) is 0 Å². The fraction of sp³-hybridized carbons (Fsp3) is 0.118. The summed E-state index contributed by atoms with van der Waals surface area (Å²) in [4.78, 5) is 12.7. The minimum absolute atomic E-state index is 0.0369. The molecule has 0 aliphatic carbocycles. The van der Waals surface area contributed by atoms with Gasteiger partial charge in [0.25, 0.3) is 0 Å². The number of benzene rings is 2. The van der Waals surface area contributed by atoms with Crippen molar-refractivity contribution in [2.24, 2.45) is 5.73 Å². The molecular weight excluding hydrogens is 401 g/mol. The highest BCUT2D eigenvalue weighted by Gasteiger charge is 2.50. The maximum absolute atomic E-state index is 13.5. The van der Waals surface area contributed by atoms with Crippen molar-refractivity contribution < 1.29 is 30.9 Å². The third-order valence-corrected chi connectivity index (χ3v) is 5.67. The molecule has 0 spiro atoms. The van der Waals surface area contributed by atoms with Gasteiger partial charge in [-0.05, 0) is 23.3 Å². The van der Waals surface area contributed by atoms with Crippen molar-refractivity contribution in [1.82, 2.24) is 0 Å². The van der Waals surface area contributed by atoms with Gasteiger partial charge >= 0.3 is 10.1 Å². The molecule has 1 atom stereocenters. The van der Waals surface area contributed by atoms with Crippen molar-refractivity contribution in [3.8, 4) is 0 Å². The van der Waals surface area contributed by atoms with E-state index >= 15 is 0 Å². The average Bonchev–Trinajstić information content (AvgIpc) is 2.88. The summed E-state index contributed by atoms with van der Waals surface area (Å²) in [6, 6.07) is 9.55. The molecule has 2 aromatic carbocycles. The predicted octanol–water partition coefficient (Wildman–Crippen LogP) is 0.507. The van der Waals surface area contributed by atoms with Crippen LogP contribution in [-0.4, -0.2) is 37.7 Å². The number of halogens is 2. The number of hydrogen-bond donors (Lipinski definition) is 1. The molecule has 1 heterocycles. The number of carbonyl (C=O) groups is 1. The SMILES string of the molecule is [B]C([B])(c1ccccc1)S(=O)(=O)OC1=C(N)O[C@]([B])(c2ccc(F)c(F)c2)C1=O. The standard InChI is InChI=1S/C17H10B3F2NO5S/c18-16(10-6-7-11(21)12(22)8-10)14(24)13(15(23)27-16)28-29(25,26)17(19,20)9-4-2-1-3-5-9/h1-8H,23H2/t16-/m1/s1. The molecular formula is C17H10B3F2NO5S. The van der Waals surface area contributed by atoms with Crippen LogP contribution in [0.2, 0.25) is 0 Å². The number of carbonyl (C=O) groups excluding carboxylic acids is 1. The maximum atomic E-state index is 13.5. The van der Waals surface area contributed by atoms with Crippen LogP contribution in [0.5, 0.6) is 0 Å². The number of nitrogens with two attached hydrogens (primary N) is 1. The van der Waals surface area contributed by atoms with Gasteiger partial charge in [0.1, 0.15) is 7.85 Å². The average molecular weight is 411 g/mol. The first-order chi connectivity index (χ1) is 13.4. The van der Waals surface area contributed by atoms with Gasteiger partial charge in [-0.1, -0.05) is 36.4 Å². The lowest BCUT2D eigenvalue weighted by Gasteiger charge is -2.26. The van der Waals surface area contributed by atoms with Crippen molar-refractivity contribution in [3.63, 3.8) is 0 Å². The molecule has 6 nitrogen and oxygen atoms in total. The molecule has 12 heteroatoms. The van der Waals surface area contributed by atoms with Crippen molar-refractivity contribution in [2.75, 3.05) is 0 Å². The highest BCUT2D eigenvalue weighted by Crippen LogP contribution is 2.38. The number of ether oxygens (including phenoxy) is 1. The summed E-state index contributed by atoms with van der Waals surface area (Å²) in [5, 5.41) is 0. The van der Waals surface area contributed by atoms with Crippen molar-refractivity contribution >= 4 is 39.4 Å². The van der Waals surface area contributed by atoms with Gasteiger partial charge in [-0.25, -0.2) is 8.78 Å². The van der Waals surface area contributed by atoms with Crippen LogP contribution in [0.25, 0.3) is 0 Å². The molecule has 0 unspecified atom stereocenters. The Balaban J connectivity index is 1.95. The summed E-state index contributed by atoms with van der Waals surface area (Å²) >= 11 is 0.